The second-order valence-electron chi connectivity index (χ2n) is 3.77. The normalized spacial score (nSPS) is 10.2. The Morgan fingerprint density at radius 2 is 1.95 bits per heavy atom. The number of primary amides is 1. The molecule has 1 aromatic carbocycles. The number of nitrogens with two attached hydrogens (primary N) is 1. The quantitative estimate of drug-likeness (QED) is 0.538. The van der Waals surface area contributed by atoms with Crippen LogP contribution in [0.4, 0.5) is 0 Å². The van der Waals surface area contributed by atoms with Crippen molar-refractivity contribution >= 4 is 5.91 Å². The lowest BCUT2D eigenvalue weighted by Gasteiger charge is -2.11. The molecule has 0 saturated heterocycles. The molecular weight excluding hydrogens is 250 g/mol. The smallest absolute Gasteiger partial charge is 0.252 e. The van der Waals surface area contributed by atoms with E-state index in [1.807, 2.05) is 0 Å². The van der Waals surface area contributed by atoms with Crippen LogP contribution in [0.2, 0.25) is 0 Å². The summed E-state index contributed by atoms with van der Waals surface area (Å²) in [6, 6.07) is 4.88. The van der Waals surface area contributed by atoms with E-state index in [1.165, 1.54) is 13.2 Å². The van der Waals surface area contributed by atoms with Crippen molar-refractivity contribution < 1.29 is 23.7 Å². The second-order valence-corrected chi connectivity index (χ2v) is 3.77. The molecule has 1 aromatic rings. The first-order valence-corrected chi connectivity index (χ1v) is 5.86. The van der Waals surface area contributed by atoms with Gasteiger partial charge >= 0.3 is 0 Å². The van der Waals surface area contributed by atoms with Crippen molar-refractivity contribution in [2.45, 2.75) is 6.42 Å². The van der Waals surface area contributed by atoms with Crippen molar-refractivity contribution in [3.8, 4) is 11.5 Å². The van der Waals surface area contributed by atoms with Crippen LogP contribution in [0.1, 0.15) is 16.8 Å². The highest BCUT2D eigenvalue weighted by molar-refractivity contribution is 5.96. The van der Waals surface area contributed by atoms with Crippen LogP contribution in [-0.4, -0.2) is 40.1 Å². The molecule has 0 aliphatic rings. The molecule has 6 nitrogen and oxygen atoms in total. The highest BCUT2D eigenvalue weighted by atomic mass is 16.7. The molecule has 0 saturated carbocycles. The molecule has 0 heterocycles. The number of carbonyl (C=O) groups excluding carboxylic acids is 1. The van der Waals surface area contributed by atoms with E-state index >= 15 is 0 Å². The Kier molecular flexibility index (Phi) is 6.70. The third-order valence-electron chi connectivity index (χ3n) is 2.31. The van der Waals surface area contributed by atoms with Gasteiger partial charge in [0.1, 0.15) is 11.5 Å². The zero-order valence-electron chi connectivity index (χ0n) is 11.2. The summed E-state index contributed by atoms with van der Waals surface area (Å²) in [5, 5.41) is 0. The van der Waals surface area contributed by atoms with Gasteiger partial charge in [0.15, 0.2) is 6.79 Å². The van der Waals surface area contributed by atoms with Crippen LogP contribution in [-0.2, 0) is 9.47 Å². The number of benzene rings is 1. The van der Waals surface area contributed by atoms with Gasteiger partial charge in [-0.15, -0.1) is 0 Å². The van der Waals surface area contributed by atoms with Gasteiger partial charge in [-0.05, 0) is 18.2 Å². The van der Waals surface area contributed by atoms with E-state index in [0.717, 1.165) is 6.42 Å². The third-order valence-corrected chi connectivity index (χ3v) is 2.31. The molecule has 1 amide bonds. The van der Waals surface area contributed by atoms with Crippen LogP contribution in [0.25, 0.3) is 0 Å². The summed E-state index contributed by atoms with van der Waals surface area (Å²) in [6.45, 7) is 1.15. The Balaban J connectivity index is 2.71. The van der Waals surface area contributed by atoms with Crippen LogP contribution in [0, 0.1) is 0 Å². The van der Waals surface area contributed by atoms with Crippen molar-refractivity contribution in [1.82, 2.24) is 0 Å². The molecule has 0 fully saturated rings. The summed E-state index contributed by atoms with van der Waals surface area (Å²) in [5.74, 6) is 0.373. The summed E-state index contributed by atoms with van der Waals surface area (Å²) < 4.78 is 20.4. The number of methoxy groups -OCH3 is 2. The van der Waals surface area contributed by atoms with E-state index in [-0.39, 0.29) is 12.4 Å². The average molecular weight is 269 g/mol. The predicted molar refractivity (Wildman–Crippen MR) is 69.5 cm³/mol. The van der Waals surface area contributed by atoms with Gasteiger partial charge in [-0.25, -0.2) is 0 Å². The van der Waals surface area contributed by atoms with Gasteiger partial charge in [0.2, 0.25) is 0 Å². The van der Waals surface area contributed by atoms with E-state index in [4.69, 9.17) is 24.7 Å². The largest absolute Gasteiger partial charge is 0.493 e. The van der Waals surface area contributed by atoms with Gasteiger partial charge in [-0.1, -0.05) is 0 Å². The molecule has 106 valence electrons. The van der Waals surface area contributed by atoms with E-state index < -0.39 is 5.91 Å². The fourth-order valence-electron chi connectivity index (χ4n) is 1.43. The van der Waals surface area contributed by atoms with Gasteiger partial charge in [-0.2, -0.15) is 0 Å². The molecule has 0 spiro atoms. The Morgan fingerprint density at radius 3 is 2.58 bits per heavy atom. The molecule has 1 rings (SSSR count). The molecule has 0 aliphatic carbocycles. The van der Waals surface area contributed by atoms with Gasteiger partial charge in [0.25, 0.3) is 5.91 Å². The Bertz CT molecular complexity index is 408. The SMILES string of the molecule is COCCCOc1ccc(OCOC)cc1C(N)=O. The summed E-state index contributed by atoms with van der Waals surface area (Å²) in [4.78, 5) is 11.4. The Morgan fingerprint density at radius 1 is 1.16 bits per heavy atom. The van der Waals surface area contributed by atoms with Crippen molar-refractivity contribution in [3.05, 3.63) is 23.8 Å². The molecule has 2 N–H and O–H groups in total. The number of carbonyl (C=O) groups is 1. The summed E-state index contributed by atoms with van der Waals surface area (Å²) in [7, 11) is 3.14. The van der Waals surface area contributed by atoms with Crippen molar-refractivity contribution in [2.24, 2.45) is 5.73 Å². The monoisotopic (exact) mass is 269 g/mol. The molecule has 0 aromatic heterocycles. The van der Waals surface area contributed by atoms with Crippen LogP contribution in [0.15, 0.2) is 18.2 Å². The van der Waals surface area contributed by atoms with Crippen molar-refractivity contribution in [2.75, 3.05) is 34.2 Å². The summed E-state index contributed by atoms with van der Waals surface area (Å²) in [5.41, 5.74) is 5.60. The number of hydrogen-bond acceptors (Lipinski definition) is 5. The minimum atomic E-state index is -0.565. The molecule has 0 unspecified atom stereocenters. The van der Waals surface area contributed by atoms with Crippen molar-refractivity contribution in [3.63, 3.8) is 0 Å². The van der Waals surface area contributed by atoms with Crippen molar-refractivity contribution in [1.29, 1.82) is 0 Å². The second kappa shape index (κ2) is 8.34. The lowest BCUT2D eigenvalue weighted by molar-refractivity contribution is 0.0509. The zero-order chi connectivity index (χ0) is 14.1. The first-order valence-electron chi connectivity index (χ1n) is 5.86. The van der Waals surface area contributed by atoms with Crippen LogP contribution in [0.3, 0.4) is 0 Å². The van der Waals surface area contributed by atoms with E-state index in [1.54, 1.807) is 19.2 Å². The third kappa shape index (κ3) is 5.15. The number of hydrogen-bond donors (Lipinski definition) is 1. The standard InChI is InChI=1S/C13H19NO5/c1-16-6-3-7-18-12-5-4-10(19-9-17-2)8-11(12)13(14)15/h4-5,8H,3,6-7,9H2,1-2H3,(H2,14,15). The molecule has 0 radical (unpaired) electrons. The average Bonchev–Trinajstić information content (AvgIpc) is 2.41. The Hall–Kier alpha value is -1.79. The maximum Gasteiger partial charge on any atom is 0.252 e. The number of ether oxygens (including phenoxy) is 4. The van der Waals surface area contributed by atoms with E-state index in [0.29, 0.717) is 24.7 Å². The predicted octanol–water partition coefficient (Wildman–Crippen LogP) is 1.18. The molecule has 19 heavy (non-hydrogen) atoms. The molecular formula is C13H19NO5. The zero-order valence-corrected chi connectivity index (χ0v) is 11.2. The molecule has 0 aliphatic heterocycles. The maximum absolute atomic E-state index is 11.4. The first-order chi connectivity index (χ1) is 9.19. The van der Waals surface area contributed by atoms with Gasteiger partial charge in [-0.3, -0.25) is 4.79 Å². The van der Waals surface area contributed by atoms with Crippen LogP contribution in [0.5, 0.6) is 11.5 Å². The number of amides is 1. The van der Waals surface area contributed by atoms with Gasteiger partial charge < -0.3 is 24.7 Å². The Labute approximate surface area is 112 Å². The summed E-state index contributed by atoms with van der Waals surface area (Å²) in [6.07, 6.45) is 0.733. The van der Waals surface area contributed by atoms with E-state index in [9.17, 15) is 4.79 Å². The molecule has 6 heteroatoms. The summed E-state index contributed by atoms with van der Waals surface area (Å²) >= 11 is 0. The molecule has 0 bridgehead atoms. The van der Waals surface area contributed by atoms with Gasteiger partial charge in [0.05, 0.1) is 12.2 Å². The fourth-order valence-corrected chi connectivity index (χ4v) is 1.43. The number of rotatable bonds is 9. The van der Waals surface area contributed by atoms with Crippen LogP contribution >= 0.6 is 0 Å². The fraction of sp³-hybridized carbons (Fsp3) is 0.462. The highest BCUT2D eigenvalue weighted by Gasteiger charge is 2.11. The lowest BCUT2D eigenvalue weighted by Crippen LogP contribution is -2.14. The maximum atomic E-state index is 11.4. The minimum absolute atomic E-state index is 0.103. The first kappa shape index (κ1) is 15.3. The van der Waals surface area contributed by atoms with Gasteiger partial charge in [0, 0.05) is 27.2 Å². The topological polar surface area (TPSA) is 80.0 Å². The lowest BCUT2D eigenvalue weighted by atomic mass is 10.2. The van der Waals surface area contributed by atoms with Crippen LogP contribution < -0.4 is 15.2 Å². The molecule has 0 atom stereocenters. The minimum Gasteiger partial charge on any atom is -0.493 e. The highest BCUT2D eigenvalue weighted by Crippen LogP contribution is 2.24. The van der Waals surface area contributed by atoms with E-state index in [2.05, 4.69) is 0 Å².